The average molecular weight is 692 g/mol. The van der Waals surface area contributed by atoms with Crippen molar-refractivity contribution in [2.75, 3.05) is 16.0 Å². The molecule has 216 valence electrons. The van der Waals surface area contributed by atoms with E-state index < -0.39 is 62.3 Å². The summed E-state index contributed by atoms with van der Waals surface area (Å²) in [4.78, 5) is 37.3. The van der Waals surface area contributed by atoms with Gasteiger partial charge in [0.1, 0.15) is 15.8 Å². The maximum Gasteiger partial charge on any atom is 0.400 e. The SMILES string of the molecule is O=C(Nc1ccc(F)c(NC(=O)C(F)(F)Cl)c1F)c1cc(NC(=O)[C@H]2[C@H](c3ccc(Cl)c(Cl)c3)C2(Cl)Cl)ccc1Cl. The van der Waals surface area contributed by atoms with Crippen LogP contribution >= 0.6 is 69.6 Å². The second-order valence-electron chi connectivity index (χ2n) is 8.68. The lowest BCUT2D eigenvalue weighted by Gasteiger charge is -2.14. The molecule has 16 heteroatoms. The molecule has 0 aliphatic heterocycles. The van der Waals surface area contributed by atoms with E-state index in [1.54, 1.807) is 12.1 Å². The Morgan fingerprint density at radius 3 is 2.12 bits per heavy atom. The Balaban J connectivity index is 1.52. The van der Waals surface area contributed by atoms with E-state index in [2.05, 4.69) is 22.2 Å². The molecule has 3 aromatic rings. The molecule has 6 nitrogen and oxygen atoms in total. The lowest BCUT2D eigenvalue weighted by molar-refractivity contribution is -0.130. The first kappa shape index (κ1) is 31.5. The molecule has 1 fully saturated rings. The Kier molecular flexibility index (Phi) is 8.95. The summed E-state index contributed by atoms with van der Waals surface area (Å²) < 4.78 is 53.3. The second-order valence-corrected chi connectivity index (χ2v) is 11.8. The van der Waals surface area contributed by atoms with Crippen LogP contribution in [-0.2, 0) is 9.59 Å². The number of alkyl halides is 5. The van der Waals surface area contributed by atoms with Crippen LogP contribution in [0.25, 0.3) is 0 Å². The van der Waals surface area contributed by atoms with Gasteiger partial charge in [-0.1, -0.05) is 40.9 Å². The highest BCUT2D eigenvalue weighted by Crippen LogP contribution is 2.65. The van der Waals surface area contributed by atoms with Crippen LogP contribution in [0, 0.1) is 17.6 Å². The van der Waals surface area contributed by atoms with Gasteiger partial charge in [0.25, 0.3) is 5.91 Å². The van der Waals surface area contributed by atoms with E-state index in [-0.39, 0.29) is 21.3 Å². The fraction of sp³-hybridized carbons (Fsp3) is 0.160. The molecule has 0 spiro atoms. The highest BCUT2D eigenvalue weighted by atomic mass is 35.5. The van der Waals surface area contributed by atoms with Gasteiger partial charge in [-0.15, -0.1) is 23.2 Å². The number of hydrogen-bond acceptors (Lipinski definition) is 3. The summed E-state index contributed by atoms with van der Waals surface area (Å²) in [5.74, 6) is -8.32. The molecule has 0 radical (unpaired) electrons. The Hall–Kier alpha value is -2.47. The van der Waals surface area contributed by atoms with Crippen LogP contribution in [0.3, 0.4) is 0 Å². The minimum Gasteiger partial charge on any atom is -0.326 e. The smallest absolute Gasteiger partial charge is 0.326 e. The molecular weight excluding hydrogens is 679 g/mol. The van der Waals surface area contributed by atoms with Gasteiger partial charge >= 0.3 is 11.3 Å². The van der Waals surface area contributed by atoms with E-state index in [0.717, 1.165) is 12.1 Å². The molecule has 3 N–H and O–H groups in total. The molecule has 2 atom stereocenters. The first-order valence-electron chi connectivity index (χ1n) is 11.1. The third-order valence-corrected chi connectivity index (χ3v) is 8.13. The van der Waals surface area contributed by atoms with Gasteiger partial charge in [-0.2, -0.15) is 8.78 Å². The Labute approximate surface area is 259 Å². The zero-order valence-corrected chi connectivity index (χ0v) is 24.3. The van der Waals surface area contributed by atoms with E-state index in [9.17, 15) is 31.9 Å². The van der Waals surface area contributed by atoms with Crippen molar-refractivity contribution >= 4 is 104 Å². The largest absolute Gasteiger partial charge is 0.400 e. The Morgan fingerprint density at radius 2 is 1.49 bits per heavy atom. The Bertz CT molecular complexity index is 1580. The average Bonchev–Trinajstić information content (AvgIpc) is 3.47. The molecule has 0 unspecified atom stereocenters. The molecule has 1 aliphatic rings. The molecule has 3 amide bonds. The van der Waals surface area contributed by atoms with Crippen LogP contribution in [0.4, 0.5) is 34.6 Å². The van der Waals surface area contributed by atoms with Crippen LogP contribution in [0.5, 0.6) is 0 Å². The Morgan fingerprint density at radius 1 is 0.829 bits per heavy atom. The molecule has 0 heterocycles. The normalized spacial score (nSPS) is 17.5. The van der Waals surface area contributed by atoms with Gasteiger partial charge < -0.3 is 16.0 Å². The van der Waals surface area contributed by atoms with Gasteiger partial charge in [-0.3, -0.25) is 14.4 Å². The summed E-state index contributed by atoms with van der Waals surface area (Å²) in [6.45, 7) is 0. The summed E-state index contributed by atoms with van der Waals surface area (Å²) in [5, 5.41) is 1.98. The third-order valence-electron chi connectivity index (χ3n) is 5.95. The quantitative estimate of drug-likeness (QED) is 0.172. The lowest BCUT2D eigenvalue weighted by atomic mass is 10.1. The van der Waals surface area contributed by atoms with Crippen molar-refractivity contribution in [2.24, 2.45) is 5.92 Å². The van der Waals surface area contributed by atoms with E-state index in [4.69, 9.17) is 58.0 Å². The van der Waals surface area contributed by atoms with Crippen LogP contribution in [0.15, 0.2) is 48.5 Å². The van der Waals surface area contributed by atoms with Crippen molar-refractivity contribution in [1.82, 2.24) is 0 Å². The van der Waals surface area contributed by atoms with Crippen molar-refractivity contribution in [1.29, 1.82) is 0 Å². The number of benzene rings is 3. The number of anilines is 3. The number of hydrogen-bond donors (Lipinski definition) is 3. The van der Waals surface area contributed by atoms with E-state index >= 15 is 0 Å². The molecule has 1 saturated carbocycles. The lowest BCUT2D eigenvalue weighted by Crippen LogP contribution is -2.30. The summed E-state index contributed by atoms with van der Waals surface area (Å²) in [7, 11) is 0. The van der Waals surface area contributed by atoms with E-state index in [1.807, 2.05) is 0 Å². The van der Waals surface area contributed by atoms with Gasteiger partial charge in [0.15, 0.2) is 5.82 Å². The molecule has 41 heavy (non-hydrogen) atoms. The van der Waals surface area contributed by atoms with Crippen molar-refractivity contribution in [2.45, 2.75) is 15.6 Å². The second kappa shape index (κ2) is 11.7. The molecule has 0 bridgehead atoms. The third kappa shape index (κ3) is 6.63. The first-order valence-corrected chi connectivity index (χ1v) is 13.4. The minimum absolute atomic E-state index is 0.0883. The van der Waals surface area contributed by atoms with E-state index in [0.29, 0.717) is 16.7 Å². The van der Waals surface area contributed by atoms with Gasteiger partial charge in [0.05, 0.1) is 32.2 Å². The number of nitrogens with one attached hydrogen (secondary N) is 3. The summed E-state index contributed by atoms with van der Waals surface area (Å²) >= 11 is 35.4. The van der Waals surface area contributed by atoms with Gasteiger partial charge in [-0.05, 0) is 59.6 Å². The molecular formula is C25H13Cl6F4N3O3. The van der Waals surface area contributed by atoms with Crippen LogP contribution < -0.4 is 16.0 Å². The maximum atomic E-state index is 14.8. The highest BCUT2D eigenvalue weighted by Gasteiger charge is 2.67. The number of halogens is 10. The van der Waals surface area contributed by atoms with Crippen LogP contribution in [-0.4, -0.2) is 27.4 Å². The maximum absolute atomic E-state index is 14.8. The fourth-order valence-electron chi connectivity index (χ4n) is 3.91. The molecule has 1 aliphatic carbocycles. The molecule has 3 aromatic carbocycles. The predicted molar refractivity (Wildman–Crippen MR) is 151 cm³/mol. The zero-order valence-electron chi connectivity index (χ0n) is 19.8. The first-order chi connectivity index (χ1) is 19.0. The van der Waals surface area contributed by atoms with E-state index in [1.165, 1.54) is 23.5 Å². The predicted octanol–water partition coefficient (Wildman–Crippen LogP) is 8.47. The number of carbonyl (C=O) groups is 3. The van der Waals surface area contributed by atoms with Crippen LogP contribution in [0.1, 0.15) is 21.8 Å². The number of amides is 3. The van der Waals surface area contributed by atoms with Gasteiger partial charge in [0.2, 0.25) is 5.91 Å². The zero-order chi connectivity index (χ0) is 30.4. The van der Waals surface area contributed by atoms with Crippen molar-refractivity contribution < 1.29 is 31.9 Å². The van der Waals surface area contributed by atoms with Crippen molar-refractivity contribution in [3.8, 4) is 0 Å². The summed E-state index contributed by atoms with van der Waals surface area (Å²) in [5.41, 5.74) is -1.55. The standard InChI is InChI=1S/C25H13Cl6F4N3O3/c26-12-4-2-10(36-22(40)18-17(24(18,29)30)9-1-3-13(27)14(28)7-9)8-11(12)21(39)37-16-6-5-15(32)20(19(16)33)38-23(41)25(31,34)35/h1-8,17-18H,(H,36,40)(H,37,39)(H,38,41)/t17-,18+/m0/s1. The summed E-state index contributed by atoms with van der Waals surface area (Å²) in [6, 6.07) is 9.90. The molecule has 4 rings (SSSR count). The topological polar surface area (TPSA) is 87.3 Å². The van der Waals surface area contributed by atoms with Gasteiger partial charge in [0, 0.05) is 11.6 Å². The minimum atomic E-state index is -4.45. The molecule has 0 saturated heterocycles. The van der Waals surface area contributed by atoms with Gasteiger partial charge in [-0.25, -0.2) is 8.78 Å². The monoisotopic (exact) mass is 689 g/mol. The number of rotatable bonds is 7. The highest BCUT2D eigenvalue weighted by molar-refractivity contribution is 6.53. The number of carbonyl (C=O) groups excluding carboxylic acids is 3. The molecule has 0 aromatic heterocycles. The van der Waals surface area contributed by atoms with Crippen molar-refractivity contribution in [3.63, 3.8) is 0 Å². The van der Waals surface area contributed by atoms with Crippen molar-refractivity contribution in [3.05, 3.63) is 86.4 Å². The summed E-state index contributed by atoms with van der Waals surface area (Å²) in [6.07, 6.45) is 0. The van der Waals surface area contributed by atoms with Crippen LogP contribution in [0.2, 0.25) is 15.1 Å². The fourth-order valence-corrected chi connectivity index (χ4v) is 5.29.